The average molecular weight is 265 g/mol. The Kier molecular flexibility index (Phi) is 3.68. The Balaban J connectivity index is 2.24. The second-order valence-electron chi connectivity index (χ2n) is 4.54. The highest BCUT2D eigenvalue weighted by Crippen LogP contribution is 2.23. The summed E-state index contributed by atoms with van der Waals surface area (Å²) in [7, 11) is 1.88. The number of rotatable bonds is 3. The summed E-state index contributed by atoms with van der Waals surface area (Å²) in [6.45, 7) is 3.92. The van der Waals surface area contributed by atoms with Crippen molar-refractivity contribution in [1.82, 2.24) is 14.8 Å². The molecule has 0 bridgehead atoms. The molecule has 0 saturated carbocycles. The molecular formula is C13H17ClN4. The van der Waals surface area contributed by atoms with Gasteiger partial charge in [-0.15, -0.1) is 0 Å². The monoisotopic (exact) mass is 264 g/mol. The van der Waals surface area contributed by atoms with Gasteiger partial charge in [-0.25, -0.2) is 0 Å². The first-order valence-electron chi connectivity index (χ1n) is 5.85. The van der Waals surface area contributed by atoms with E-state index in [1.54, 1.807) is 10.9 Å². The van der Waals surface area contributed by atoms with E-state index >= 15 is 0 Å². The van der Waals surface area contributed by atoms with Gasteiger partial charge in [-0.2, -0.15) is 5.10 Å². The summed E-state index contributed by atoms with van der Waals surface area (Å²) >= 11 is 6.22. The number of aromatic nitrogens is 3. The number of aryl methyl sites for hydroxylation is 3. The molecule has 2 rings (SSSR count). The lowest BCUT2D eigenvalue weighted by atomic mass is 10.1. The van der Waals surface area contributed by atoms with Crippen LogP contribution in [0.25, 0.3) is 0 Å². The molecule has 18 heavy (non-hydrogen) atoms. The molecular weight excluding hydrogens is 248 g/mol. The van der Waals surface area contributed by atoms with Gasteiger partial charge in [-0.3, -0.25) is 9.67 Å². The SMILES string of the molecule is Cc1ccnc(C(N)Cc2c(Cl)c(C)nn2C)c1. The minimum Gasteiger partial charge on any atom is -0.322 e. The van der Waals surface area contributed by atoms with Gasteiger partial charge in [0.15, 0.2) is 0 Å². The van der Waals surface area contributed by atoms with Gasteiger partial charge < -0.3 is 5.73 Å². The fourth-order valence-corrected chi connectivity index (χ4v) is 2.21. The van der Waals surface area contributed by atoms with Crippen molar-refractivity contribution in [3.05, 3.63) is 46.0 Å². The van der Waals surface area contributed by atoms with Crippen LogP contribution in [0.5, 0.6) is 0 Å². The Bertz CT molecular complexity index is 562. The summed E-state index contributed by atoms with van der Waals surface area (Å²) in [5.74, 6) is 0. The van der Waals surface area contributed by atoms with Crippen LogP contribution in [0, 0.1) is 13.8 Å². The van der Waals surface area contributed by atoms with Crippen LogP contribution in [0.1, 0.15) is 28.7 Å². The zero-order chi connectivity index (χ0) is 13.3. The number of nitrogens with zero attached hydrogens (tertiary/aromatic N) is 3. The first-order chi connectivity index (χ1) is 8.49. The lowest BCUT2D eigenvalue weighted by Crippen LogP contribution is -2.17. The lowest BCUT2D eigenvalue weighted by Gasteiger charge is -2.12. The number of hydrogen-bond acceptors (Lipinski definition) is 3. The second kappa shape index (κ2) is 5.08. The molecule has 0 aliphatic rings. The minimum absolute atomic E-state index is 0.169. The van der Waals surface area contributed by atoms with Crippen LogP contribution >= 0.6 is 11.6 Å². The van der Waals surface area contributed by atoms with Crippen LogP contribution < -0.4 is 5.73 Å². The van der Waals surface area contributed by atoms with Crippen molar-refractivity contribution in [1.29, 1.82) is 0 Å². The zero-order valence-electron chi connectivity index (χ0n) is 10.8. The largest absolute Gasteiger partial charge is 0.322 e. The number of halogens is 1. The molecule has 0 saturated heterocycles. The highest BCUT2D eigenvalue weighted by Gasteiger charge is 2.16. The van der Waals surface area contributed by atoms with Gasteiger partial charge in [-0.05, 0) is 31.5 Å². The van der Waals surface area contributed by atoms with Crippen LogP contribution in [0.15, 0.2) is 18.3 Å². The van der Waals surface area contributed by atoms with Crippen molar-refractivity contribution in [2.75, 3.05) is 0 Å². The molecule has 5 heteroatoms. The second-order valence-corrected chi connectivity index (χ2v) is 4.92. The molecule has 0 aromatic carbocycles. The van der Waals surface area contributed by atoms with E-state index < -0.39 is 0 Å². The predicted molar refractivity (Wildman–Crippen MR) is 72.6 cm³/mol. The maximum absolute atomic E-state index is 6.22. The van der Waals surface area contributed by atoms with Gasteiger partial charge in [0.1, 0.15) is 0 Å². The van der Waals surface area contributed by atoms with E-state index in [-0.39, 0.29) is 6.04 Å². The summed E-state index contributed by atoms with van der Waals surface area (Å²) < 4.78 is 1.79. The van der Waals surface area contributed by atoms with E-state index in [2.05, 4.69) is 10.1 Å². The standard InChI is InChI=1S/C13H17ClN4/c1-8-4-5-16-11(6-8)10(15)7-12-13(14)9(2)17-18(12)3/h4-6,10H,7,15H2,1-3H3. The molecule has 2 aromatic rings. The third-order valence-electron chi connectivity index (χ3n) is 2.99. The molecule has 1 atom stereocenters. The zero-order valence-corrected chi connectivity index (χ0v) is 11.6. The first-order valence-corrected chi connectivity index (χ1v) is 6.23. The normalized spacial score (nSPS) is 12.7. The van der Waals surface area contributed by atoms with E-state index in [9.17, 15) is 0 Å². The summed E-state index contributed by atoms with van der Waals surface area (Å²) in [5.41, 5.74) is 10.00. The van der Waals surface area contributed by atoms with Gasteiger partial charge in [-0.1, -0.05) is 11.6 Å². The van der Waals surface area contributed by atoms with Gasteiger partial charge in [0.05, 0.1) is 28.1 Å². The molecule has 1 unspecified atom stereocenters. The van der Waals surface area contributed by atoms with Crippen LogP contribution in [0.3, 0.4) is 0 Å². The van der Waals surface area contributed by atoms with E-state index in [4.69, 9.17) is 17.3 Å². The summed E-state index contributed by atoms with van der Waals surface area (Å²) in [6, 6.07) is 3.79. The smallest absolute Gasteiger partial charge is 0.0847 e. The molecule has 0 radical (unpaired) electrons. The molecule has 96 valence electrons. The van der Waals surface area contributed by atoms with Crippen molar-refractivity contribution >= 4 is 11.6 Å². The Morgan fingerprint density at radius 2 is 2.17 bits per heavy atom. The van der Waals surface area contributed by atoms with Crippen LogP contribution in [0.2, 0.25) is 5.02 Å². The Hall–Kier alpha value is -1.39. The lowest BCUT2D eigenvalue weighted by molar-refractivity contribution is 0.628. The molecule has 2 heterocycles. The van der Waals surface area contributed by atoms with Gasteiger partial charge >= 0.3 is 0 Å². The third kappa shape index (κ3) is 2.54. The van der Waals surface area contributed by atoms with Crippen molar-refractivity contribution in [2.45, 2.75) is 26.3 Å². The van der Waals surface area contributed by atoms with Gasteiger partial charge in [0.2, 0.25) is 0 Å². The number of hydrogen-bond donors (Lipinski definition) is 1. The van der Waals surface area contributed by atoms with Gasteiger partial charge in [0.25, 0.3) is 0 Å². The van der Waals surface area contributed by atoms with E-state index in [0.29, 0.717) is 11.4 Å². The van der Waals surface area contributed by atoms with E-state index in [1.165, 1.54) is 0 Å². The van der Waals surface area contributed by atoms with E-state index in [0.717, 1.165) is 22.6 Å². The molecule has 0 amide bonds. The molecule has 0 fully saturated rings. The highest BCUT2D eigenvalue weighted by molar-refractivity contribution is 6.31. The van der Waals surface area contributed by atoms with Crippen LogP contribution in [-0.2, 0) is 13.5 Å². The predicted octanol–water partition coefficient (Wildman–Crippen LogP) is 2.33. The van der Waals surface area contributed by atoms with Crippen molar-refractivity contribution in [3.63, 3.8) is 0 Å². The topological polar surface area (TPSA) is 56.7 Å². The Morgan fingerprint density at radius 1 is 1.44 bits per heavy atom. The molecule has 0 spiro atoms. The highest BCUT2D eigenvalue weighted by atomic mass is 35.5. The molecule has 0 aliphatic carbocycles. The Morgan fingerprint density at radius 3 is 2.72 bits per heavy atom. The average Bonchev–Trinajstić information content (AvgIpc) is 2.56. The maximum atomic E-state index is 6.22. The van der Waals surface area contributed by atoms with Crippen molar-refractivity contribution < 1.29 is 0 Å². The first kappa shape index (κ1) is 13.1. The fraction of sp³-hybridized carbons (Fsp3) is 0.385. The van der Waals surface area contributed by atoms with Crippen molar-refractivity contribution in [3.8, 4) is 0 Å². The summed E-state index contributed by atoms with van der Waals surface area (Å²) in [5, 5.41) is 4.98. The van der Waals surface area contributed by atoms with Crippen LogP contribution in [-0.4, -0.2) is 14.8 Å². The third-order valence-corrected chi connectivity index (χ3v) is 3.48. The Labute approximate surface area is 112 Å². The number of nitrogens with two attached hydrogens (primary N) is 1. The van der Waals surface area contributed by atoms with Crippen LogP contribution in [0.4, 0.5) is 0 Å². The number of pyridine rings is 1. The van der Waals surface area contributed by atoms with Crippen molar-refractivity contribution in [2.24, 2.45) is 12.8 Å². The molecule has 2 aromatic heterocycles. The fourth-order valence-electron chi connectivity index (χ4n) is 1.98. The summed E-state index contributed by atoms with van der Waals surface area (Å²) in [6.07, 6.45) is 2.41. The minimum atomic E-state index is -0.169. The van der Waals surface area contributed by atoms with Gasteiger partial charge in [0, 0.05) is 19.7 Å². The van der Waals surface area contributed by atoms with E-state index in [1.807, 2.05) is 33.0 Å². The quantitative estimate of drug-likeness (QED) is 0.926. The molecule has 4 nitrogen and oxygen atoms in total. The molecule has 0 aliphatic heterocycles. The summed E-state index contributed by atoms with van der Waals surface area (Å²) in [4.78, 5) is 4.30. The molecule has 2 N–H and O–H groups in total. The maximum Gasteiger partial charge on any atom is 0.0847 e.